The molecule has 2 amide bonds. The van der Waals surface area contributed by atoms with Crippen molar-refractivity contribution in [3.05, 3.63) is 29.8 Å². The number of rotatable bonds is 1. The van der Waals surface area contributed by atoms with Gasteiger partial charge in [0.05, 0.1) is 0 Å². The molecule has 1 atom stereocenters. The van der Waals surface area contributed by atoms with Gasteiger partial charge in [0, 0.05) is 24.8 Å². The topological polar surface area (TPSA) is 44.4 Å². The van der Waals surface area contributed by atoms with Crippen molar-refractivity contribution in [2.45, 2.75) is 19.0 Å². The molecule has 0 aliphatic carbocycles. The van der Waals surface area contributed by atoms with Crippen molar-refractivity contribution >= 4 is 11.7 Å². The first-order chi connectivity index (χ1) is 7.84. The molecule has 3 rings (SSSR count). The smallest absolute Gasteiger partial charge is 0.316 e. The molecule has 0 unspecified atom stereocenters. The fourth-order valence-electron chi connectivity index (χ4n) is 2.42. The number of nitrogens with zero attached hydrogens (tertiary/aromatic N) is 1. The molecule has 2 aliphatic rings. The number of nitrogens with one attached hydrogen (secondary N) is 2. The third-order valence-corrected chi connectivity index (χ3v) is 3.34. The summed E-state index contributed by atoms with van der Waals surface area (Å²) in [4.78, 5) is 13.9. The molecular weight excluding hydrogens is 202 g/mol. The summed E-state index contributed by atoms with van der Waals surface area (Å²) in [5.74, 6) is 0. The van der Waals surface area contributed by atoms with Crippen LogP contribution in [0.15, 0.2) is 24.3 Å². The predicted octanol–water partition coefficient (Wildman–Crippen LogP) is 1.40. The van der Waals surface area contributed by atoms with E-state index in [1.165, 1.54) is 5.56 Å². The summed E-state index contributed by atoms with van der Waals surface area (Å²) in [6.45, 7) is 2.65. The zero-order valence-corrected chi connectivity index (χ0v) is 9.07. The summed E-state index contributed by atoms with van der Waals surface area (Å²) in [7, 11) is 0. The Morgan fingerprint density at radius 1 is 1.31 bits per heavy atom. The van der Waals surface area contributed by atoms with Gasteiger partial charge >= 0.3 is 6.03 Å². The highest BCUT2D eigenvalue weighted by Crippen LogP contribution is 2.25. The molecular formula is C12H15N3O. The Morgan fingerprint density at radius 2 is 2.19 bits per heavy atom. The maximum Gasteiger partial charge on any atom is 0.322 e. The number of para-hydroxylation sites is 1. The minimum absolute atomic E-state index is 0.0346. The van der Waals surface area contributed by atoms with Crippen molar-refractivity contribution in [3.8, 4) is 0 Å². The highest BCUT2D eigenvalue weighted by molar-refractivity contribution is 5.92. The Morgan fingerprint density at radius 3 is 3.00 bits per heavy atom. The van der Waals surface area contributed by atoms with Crippen LogP contribution in [0.3, 0.4) is 0 Å². The standard InChI is InChI=1S/C12H15N3O/c16-12-14-11-4-2-1-3-9(11)8-15(12)10-5-6-13-7-10/h1-4,10,13H,5-8H2,(H,14,16)/t10-/m0/s1. The maximum atomic E-state index is 11.9. The molecule has 2 heterocycles. The average Bonchev–Trinajstić information content (AvgIpc) is 2.81. The van der Waals surface area contributed by atoms with Gasteiger partial charge in [0.25, 0.3) is 0 Å². The van der Waals surface area contributed by atoms with E-state index in [0.29, 0.717) is 6.04 Å². The number of hydrogen-bond donors (Lipinski definition) is 2. The van der Waals surface area contributed by atoms with Gasteiger partial charge in [0.15, 0.2) is 0 Å². The largest absolute Gasteiger partial charge is 0.322 e. The Balaban J connectivity index is 1.86. The minimum Gasteiger partial charge on any atom is -0.316 e. The van der Waals surface area contributed by atoms with E-state index in [9.17, 15) is 4.79 Å². The monoisotopic (exact) mass is 217 g/mol. The fourth-order valence-corrected chi connectivity index (χ4v) is 2.42. The average molecular weight is 217 g/mol. The summed E-state index contributed by atoms with van der Waals surface area (Å²) in [6, 6.07) is 8.37. The van der Waals surface area contributed by atoms with Crippen molar-refractivity contribution in [2.24, 2.45) is 0 Å². The van der Waals surface area contributed by atoms with Crippen LogP contribution >= 0.6 is 0 Å². The SMILES string of the molecule is O=C1Nc2ccccc2CN1[C@H]1CCNC1. The molecule has 1 fully saturated rings. The van der Waals surface area contributed by atoms with Gasteiger partial charge in [-0.3, -0.25) is 0 Å². The van der Waals surface area contributed by atoms with E-state index in [2.05, 4.69) is 16.7 Å². The molecule has 4 heteroatoms. The van der Waals surface area contributed by atoms with Gasteiger partial charge in [-0.15, -0.1) is 0 Å². The number of anilines is 1. The van der Waals surface area contributed by atoms with Crippen LogP contribution < -0.4 is 10.6 Å². The third kappa shape index (κ3) is 1.55. The highest BCUT2D eigenvalue weighted by Gasteiger charge is 2.30. The van der Waals surface area contributed by atoms with Gasteiger partial charge in [0.2, 0.25) is 0 Å². The van der Waals surface area contributed by atoms with Crippen LogP contribution in [0, 0.1) is 0 Å². The Bertz CT molecular complexity index is 412. The van der Waals surface area contributed by atoms with Crippen LogP contribution in [-0.2, 0) is 6.54 Å². The molecule has 2 N–H and O–H groups in total. The second kappa shape index (κ2) is 3.79. The first-order valence-electron chi connectivity index (χ1n) is 5.71. The molecule has 4 nitrogen and oxygen atoms in total. The van der Waals surface area contributed by atoms with E-state index in [4.69, 9.17) is 0 Å². The summed E-state index contributed by atoms with van der Waals surface area (Å²) in [5.41, 5.74) is 2.16. The lowest BCUT2D eigenvalue weighted by Gasteiger charge is -2.33. The van der Waals surface area contributed by atoms with Crippen LogP contribution in [0.2, 0.25) is 0 Å². The van der Waals surface area contributed by atoms with E-state index < -0.39 is 0 Å². The molecule has 1 aromatic rings. The first-order valence-corrected chi connectivity index (χ1v) is 5.71. The molecule has 0 radical (unpaired) electrons. The van der Waals surface area contributed by atoms with E-state index in [1.54, 1.807) is 0 Å². The van der Waals surface area contributed by atoms with Crippen LogP contribution in [-0.4, -0.2) is 30.1 Å². The summed E-state index contributed by atoms with van der Waals surface area (Å²) >= 11 is 0. The van der Waals surface area contributed by atoms with Gasteiger partial charge in [-0.05, 0) is 24.6 Å². The fraction of sp³-hybridized carbons (Fsp3) is 0.417. The quantitative estimate of drug-likeness (QED) is 0.746. The van der Waals surface area contributed by atoms with Crippen LogP contribution in [0.5, 0.6) is 0 Å². The number of fused-ring (bicyclic) bond motifs is 1. The molecule has 0 aromatic heterocycles. The van der Waals surface area contributed by atoms with Crippen molar-refractivity contribution in [3.63, 3.8) is 0 Å². The molecule has 1 aromatic carbocycles. The lowest BCUT2D eigenvalue weighted by molar-refractivity contribution is 0.186. The third-order valence-electron chi connectivity index (χ3n) is 3.34. The number of hydrogen-bond acceptors (Lipinski definition) is 2. The van der Waals surface area contributed by atoms with Crippen molar-refractivity contribution in [2.75, 3.05) is 18.4 Å². The number of benzene rings is 1. The highest BCUT2D eigenvalue weighted by atomic mass is 16.2. The zero-order valence-electron chi connectivity index (χ0n) is 9.07. The molecule has 0 saturated carbocycles. The van der Waals surface area contributed by atoms with Gasteiger partial charge in [-0.25, -0.2) is 4.79 Å². The van der Waals surface area contributed by atoms with E-state index in [0.717, 1.165) is 31.7 Å². The summed E-state index contributed by atoms with van der Waals surface area (Å²) in [5, 5.41) is 6.24. The molecule has 0 spiro atoms. The second-order valence-corrected chi connectivity index (χ2v) is 4.36. The van der Waals surface area contributed by atoms with Crippen molar-refractivity contribution in [1.82, 2.24) is 10.2 Å². The lowest BCUT2D eigenvalue weighted by Crippen LogP contribution is -2.46. The predicted molar refractivity (Wildman–Crippen MR) is 62.3 cm³/mol. The second-order valence-electron chi connectivity index (χ2n) is 4.36. The Hall–Kier alpha value is -1.55. The van der Waals surface area contributed by atoms with E-state index in [-0.39, 0.29) is 6.03 Å². The first kappa shape index (κ1) is 9.66. The van der Waals surface area contributed by atoms with E-state index in [1.807, 2.05) is 23.1 Å². The number of carbonyl (C=O) groups is 1. The van der Waals surface area contributed by atoms with Gasteiger partial charge < -0.3 is 15.5 Å². The number of carbonyl (C=O) groups excluding carboxylic acids is 1. The maximum absolute atomic E-state index is 11.9. The number of amides is 2. The van der Waals surface area contributed by atoms with Crippen LogP contribution in [0.1, 0.15) is 12.0 Å². The van der Waals surface area contributed by atoms with Crippen molar-refractivity contribution in [1.29, 1.82) is 0 Å². The molecule has 1 saturated heterocycles. The van der Waals surface area contributed by atoms with Gasteiger partial charge in [0.1, 0.15) is 0 Å². The van der Waals surface area contributed by atoms with Crippen LogP contribution in [0.4, 0.5) is 10.5 Å². The van der Waals surface area contributed by atoms with Gasteiger partial charge in [-0.1, -0.05) is 18.2 Å². The Labute approximate surface area is 94.6 Å². The van der Waals surface area contributed by atoms with Gasteiger partial charge in [-0.2, -0.15) is 0 Å². The molecule has 2 aliphatic heterocycles. The lowest BCUT2D eigenvalue weighted by atomic mass is 10.1. The van der Waals surface area contributed by atoms with Crippen LogP contribution in [0.25, 0.3) is 0 Å². The van der Waals surface area contributed by atoms with E-state index >= 15 is 0 Å². The Kier molecular flexibility index (Phi) is 2.29. The van der Waals surface area contributed by atoms with Crippen molar-refractivity contribution < 1.29 is 4.79 Å². The molecule has 84 valence electrons. The zero-order chi connectivity index (χ0) is 11.0. The minimum atomic E-state index is 0.0346. The summed E-state index contributed by atoms with van der Waals surface area (Å²) < 4.78 is 0. The molecule has 16 heavy (non-hydrogen) atoms. The summed E-state index contributed by atoms with van der Waals surface area (Å²) in [6.07, 6.45) is 1.05. The normalized spacial score (nSPS) is 24.1. The number of urea groups is 1. The molecule has 0 bridgehead atoms.